The second kappa shape index (κ2) is 11.8. The van der Waals surface area contributed by atoms with Gasteiger partial charge in [0.05, 0.1) is 30.3 Å². The number of nitrogens with zero attached hydrogens (tertiary/aromatic N) is 2. The zero-order valence-electron chi connectivity index (χ0n) is 23.8. The van der Waals surface area contributed by atoms with Gasteiger partial charge in [-0.25, -0.2) is 4.79 Å². The molecule has 0 radical (unpaired) electrons. The first-order valence-electron chi connectivity index (χ1n) is 14.2. The van der Waals surface area contributed by atoms with E-state index in [1.807, 2.05) is 36.4 Å². The van der Waals surface area contributed by atoms with Crippen LogP contribution in [-0.4, -0.2) is 63.0 Å². The molecule has 2 saturated heterocycles. The van der Waals surface area contributed by atoms with E-state index in [1.54, 1.807) is 0 Å². The van der Waals surface area contributed by atoms with E-state index in [0.29, 0.717) is 12.6 Å². The summed E-state index contributed by atoms with van der Waals surface area (Å²) in [5.41, 5.74) is 3.87. The highest BCUT2D eigenvalue weighted by Gasteiger charge is 2.22. The number of hydrogen-bond donors (Lipinski definition) is 2. The maximum absolute atomic E-state index is 13.3. The van der Waals surface area contributed by atoms with Crippen LogP contribution in [0.15, 0.2) is 54.6 Å². The molecule has 2 aliphatic rings. The Kier molecular flexibility index (Phi) is 8.29. The summed E-state index contributed by atoms with van der Waals surface area (Å²) in [4.78, 5) is 18.1. The minimum Gasteiger partial charge on any atom is -0.491 e. The molecule has 2 amide bonds. The van der Waals surface area contributed by atoms with Gasteiger partial charge in [0.1, 0.15) is 12.4 Å². The van der Waals surface area contributed by atoms with E-state index in [9.17, 15) is 4.79 Å². The van der Waals surface area contributed by atoms with Crippen LogP contribution in [0.1, 0.15) is 46.1 Å². The number of fused-ring (bicyclic) bond motifs is 1. The van der Waals surface area contributed by atoms with Gasteiger partial charge in [0.25, 0.3) is 0 Å². The van der Waals surface area contributed by atoms with Gasteiger partial charge in [-0.15, -0.1) is 0 Å². The Bertz CT molecular complexity index is 1290. The van der Waals surface area contributed by atoms with E-state index >= 15 is 0 Å². The van der Waals surface area contributed by atoms with Gasteiger partial charge in [0.2, 0.25) is 0 Å². The number of carbonyl (C=O) groups excluding carboxylic acids is 1. The van der Waals surface area contributed by atoms with E-state index in [2.05, 4.69) is 66.3 Å². The molecule has 0 saturated carbocycles. The summed E-state index contributed by atoms with van der Waals surface area (Å²) in [7, 11) is 0. The zero-order valence-corrected chi connectivity index (χ0v) is 23.8. The van der Waals surface area contributed by atoms with Crippen LogP contribution >= 0.6 is 0 Å². The molecule has 2 aliphatic heterocycles. The number of benzene rings is 3. The number of amides is 2. The largest absolute Gasteiger partial charge is 0.491 e. The predicted octanol–water partition coefficient (Wildman–Crippen LogP) is 6.48. The number of urea groups is 1. The van der Waals surface area contributed by atoms with E-state index in [4.69, 9.17) is 9.47 Å². The van der Waals surface area contributed by atoms with Crippen molar-refractivity contribution in [2.45, 2.75) is 52.0 Å². The normalized spacial score (nSPS) is 17.3. The number of morpholine rings is 1. The molecule has 2 heterocycles. The van der Waals surface area contributed by atoms with Crippen LogP contribution in [0.2, 0.25) is 0 Å². The maximum Gasteiger partial charge on any atom is 0.323 e. The number of anilines is 3. The molecule has 7 heteroatoms. The summed E-state index contributed by atoms with van der Waals surface area (Å²) >= 11 is 0. The highest BCUT2D eigenvalue weighted by atomic mass is 16.5. The van der Waals surface area contributed by atoms with E-state index < -0.39 is 0 Å². The summed E-state index contributed by atoms with van der Waals surface area (Å²) in [6, 6.07) is 18.5. The SMILES string of the molecule is CC(COc1ccc(NC(=O)Nc2cc(C(C)(C)C)ccc2N2CCCC2)c2ccccc12)N1CCOCC1. The lowest BCUT2D eigenvalue weighted by molar-refractivity contribution is 0.0106. The summed E-state index contributed by atoms with van der Waals surface area (Å²) in [5.74, 6) is 0.825. The highest BCUT2D eigenvalue weighted by Crippen LogP contribution is 2.35. The van der Waals surface area contributed by atoms with Crippen molar-refractivity contribution in [3.8, 4) is 5.75 Å². The zero-order chi connectivity index (χ0) is 27.4. The maximum atomic E-state index is 13.3. The second-order valence-electron chi connectivity index (χ2n) is 11.7. The third-order valence-electron chi connectivity index (χ3n) is 7.84. The van der Waals surface area contributed by atoms with Gasteiger partial charge in [0.15, 0.2) is 0 Å². The Morgan fingerprint density at radius 3 is 2.33 bits per heavy atom. The summed E-state index contributed by atoms with van der Waals surface area (Å²) in [5, 5.41) is 8.21. The van der Waals surface area contributed by atoms with Crippen LogP contribution in [0.4, 0.5) is 21.9 Å². The number of nitrogens with one attached hydrogen (secondary N) is 2. The smallest absolute Gasteiger partial charge is 0.323 e. The molecule has 0 aliphatic carbocycles. The van der Waals surface area contributed by atoms with Crippen molar-refractivity contribution < 1.29 is 14.3 Å². The van der Waals surface area contributed by atoms with E-state index in [-0.39, 0.29) is 11.4 Å². The molecule has 0 aromatic heterocycles. The molecule has 1 atom stereocenters. The van der Waals surface area contributed by atoms with Gasteiger partial charge < -0.3 is 25.0 Å². The average molecular weight is 531 g/mol. The van der Waals surface area contributed by atoms with Crippen molar-refractivity contribution in [1.29, 1.82) is 0 Å². The fourth-order valence-corrected chi connectivity index (χ4v) is 5.45. The van der Waals surface area contributed by atoms with Crippen LogP contribution in [0.5, 0.6) is 5.75 Å². The van der Waals surface area contributed by atoms with Gasteiger partial charge in [-0.1, -0.05) is 51.1 Å². The second-order valence-corrected chi connectivity index (χ2v) is 11.7. The van der Waals surface area contributed by atoms with E-state index in [1.165, 1.54) is 18.4 Å². The van der Waals surface area contributed by atoms with Crippen LogP contribution in [0.3, 0.4) is 0 Å². The third kappa shape index (κ3) is 6.48. The third-order valence-corrected chi connectivity index (χ3v) is 7.84. The Hall–Kier alpha value is -3.29. The minimum absolute atomic E-state index is 0.0122. The van der Waals surface area contributed by atoms with Crippen molar-refractivity contribution in [3.63, 3.8) is 0 Å². The van der Waals surface area contributed by atoms with Crippen molar-refractivity contribution >= 4 is 33.9 Å². The number of rotatable bonds is 7. The molecule has 2 fully saturated rings. The monoisotopic (exact) mass is 530 g/mol. The summed E-state index contributed by atoms with van der Waals surface area (Å²) in [6.45, 7) is 14.8. The lowest BCUT2D eigenvalue weighted by Crippen LogP contribution is -2.44. The van der Waals surface area contributed by atoms with Crippen molar-refractivity contribution in [2.24, 2.45) is 0 Å². The quantitative estimate of drug-likeness (QED) is 0.366. The van der Waals surface area contributed by atoms with Crippen LogP contribution < -0.4 is 20.3 Å². The molecule has 3 aromatic carbocycles. The summed E-state index contributed by atoms with van der Waals surface area (Å²) < 4.78 is 11.8. The number of ether oxygens (including phenoxy) is 2. The Morgan fingerprint density at radius 1 is 0.923 bits per heavy atom. The average Bonchev–Trinajstić information content (AvgIpc) is 3.47. The van der Waals surface area contributed by atoms with Gasteiger partial charge >= 0.3 is 6.03 Å². The Balaban J connectivity index is 1.33. The van der Waals surface area contributed by atoms with Gasteiger partial charge in [-0.3, -0.25) is 4.90 Å². The number of hydrogen-bond acceptors (Lipinski definition) is 5. The molecule has 3 aromatic rings. The van der Waals surface area contributed by atoms with Gasteiger partial charge in [-0.05, 0) is 55.0 Å². The van der Waals surface area contributed by atoms with Crippen LogP contribution in [-0.2, 0) is 10.2 Å². The first-order chi connectivity index (χ1) is 18.8. The van der Waals surface area contributed by atoms with E-state index in [0.717, 1.165) is 73.0 Å². The molecular formula is C32H42N4O3. The number of carbonyl (C=O) groups is 1. The fraction of sp³-hybridized carbons (Fsp3) is 0.469. The molecular weight excluding hydrogens is 488 g/mol. The van der Waals surface area contributed by atoms with Crippen LogP contribution in [0, 0.1) is 0 Å². The molecule has 5 rings (SSSR count). The molecule has 7 nitrogen and oxygen atoms in total. The minimum atomic E-state index is -0.249. The van der Waals surface area contributed by atoms with Gasteiger partial charge in [0, 0.05) is 43.0 Å². The molecule has 2 N–H and O–H groups in total. The first-order valence-corrected chi connectivity index (χ1v) is 14.2. The van der Waals surface area contributed by atoms with Crippen molar-refractivity contribution in [2.75, 3.05) is 61.5 Å². The summed E-state index contributed by atoms with van der Waals surface area (Å²) in [6.07, 6.45) is 2.36. The lowest BCUT2D eigenvalue weighted by Gasteiger charge is -2.32. The van der Waals surface area contributed by atoms with Crippen molar-refractivity contribution in [3.05, 3.63) is 60.2 Å². The van der Waals surface area contributed by atoms with Gasteiger partial charge in [-0.2, -0.15) is 0 Å². The Morgan fingerprint density at radius 2 is 1.62 bits per heavy atom. The standard InChI is InChI=1S/C32H42N4O3/c1-23(35-17-19-38-20-18-35)22-39-30-14-12-27(25-9-5-6-10-26(25)30)33-31(37)34-28-21-24(32(2,3)4)11-13-29(28)36-15-7-8-16-36/h5-6,9-14,21,23H,7-8,15-20,22H2,1-4H3,(H2,33,34,37). The molecule has 0 spiro atoms. The molecule has 1 unspecified atom stereocenters. The van der Waals surface area contributed by atoms with Crippen LogP contribution in [0.25, 0.3) is 10.8 Å². The molecule has 39 heavy (non-hydrogen) atoms. The fourth-order valence-electron chi connectivity index (χ4n) is 5.45. The lowest BCUT2D eigenvalue weighted by atomic mass is 9.86. The first kappa shape index (κ1) is 27.3. The topological polar surface area (TPSA) is 66.1 Å². The Labute approximate surface area is 232 Å². The molecule has 208 valence electrons. The predicted molar refractivity (Wildman–Crippen MR) is 161 cm³/mol. The highest BCUT2D eigenvalue weighted by molar-refractivity contribution is 6.08. The molecule has 0 bridgehead atoms. The van der Waals surface area contributed by atoms with Crippen molar-refractivity contribution in [1.82, 2.24) is 4.90 Å².